The van der Waals surface area contributed by atoms with Crippen molar-refractivity contribution < 1.29 is 14.7 Å². The third-order valence-corrected chi connectivity index (χ3v) is 4.05. The number of amides is 1. The Morgan fingerprint density at radius 2 is 2.04 bits per heavy atom. The van der Waals surface area contributed by atoms with Crippen molar-refractivity contribution in [1.29, 1.82) is 0 Å². The van der Waals surface area contributed by atoms with E-state index in [-0.39, 0.29) is 18.3 Å². The van der Waals surface area contributed by atoms with Gasteiger partial charge in [0.1, 0.15) is 5.82 Å². The minimum Gasteiger partial charge on any atom is -0.483 e. The van der Waals surface area contributed by atoms with E-state index < -0.39 is 0 Å². The van der Waals surface area contributed by atoms with Crippen LogP contribution in [0.15, 0.2) is 42.7 Å². The number of hydrogen-bond donors (Lipinski definition) is 2. The number of para-hydroxylation sites is 1. The van der Waals surface area contributed by atoms with E-state index in [2.05, 4.69) is 21.5 Å². The number of nitrogens with zero attached hydrogens (tertiary/aromatic N) is 3. The number of rotatable bonds is 1. The first-order valence-electron chi connectivity index (χ1n) is 7.39. The second-order valence-electron chi connectivity index (χ2n) is 5.40. The Bertz CT molecular complexity index is 898. The molecule has 1 amide bonds. The van der Waals surface area contributed by atoms with Crippen LogP contribution in [-0.4, -0.2) is 32.3 Å². The highest BCUT2D eigenvalue weighted by atomic mass is 16.3. The van der Waals surface area contributed by atoms with Crippen molar-refractivity contribution in [2.24, 2.45) is 7.05 Å². The van der Waals surface area contributed by atoms with Crippen LogP contribution in [0.2, 0.25) is 0 Å². The Labute approximate surface area is 137 Å². The minimum atomic E-state index is -0.250. The molecule has 0 bridgehead atoms. The van der Waals surface area contributed by atoms with E-state index in [1.165, 1.54) is 0 Å². The zero-order valence-corrected chi connectivity index (χ0v) is 13.0. The van der Waals surface area contributed by atoms with Crippen LogP contribution >= 0.6 is 0 Å². The number of aromatic nitrogens is 3. The molecule has 0 saturated carbocycles. The standard InChI is InChI=1S/C16H14N4O.CH2O2/c1-20-16-13(9-18-20)12(8-15(21)19-16)10-6-7-17-14-5-3-2-4-11(10)14;2-1-3/h2-7,9,12H,8H2,1H3,(H,19,21);1H,(H,2,3). The number of carbonyl (C=O) groups is 2. The van der Waals surface area contributed by atoms with Crippen molar-refractivity contribution in [1.82, 2.24) is 14.8 Å². The van der Waals surface area contributed by atoms with E-state index in [4.69, 9.17) is 9.90 Å². The van der Waals surface area contributed by atoms with Gasteiger partial charge in [0.2, 0.25) is 5.91 Å². The molecular formula is C17H16N4O3. The van der Waals surface area contributed by atoms with Gasteiger partial charge in [-0.1, -0.05) is 18.2 Å². The predicted octanol–water partition coefficient (Wildman–Crippen LogP) is 2.14. The Hall–Kier alpha value is -3.22. The maximum absolute atomic E-state index is 12.0. The van der Waals surface area contributed by atoms with Gasteiger partial charge in [0.15, 0.2) is 0 Å². The van der Waals surface area contributed by atoms with Crippen LogP contribution in [-0.2, 0) is 16.6 Å². The molecule has 1 atom stereocenters. The molecule has 1 unspecified atom stereocenters. The average Bonchev–Trinajstić information content (AvgIpc) is 2.95. The highest BCUT2D eigenvalue weighted by Gasteiger charge is 2.30. The Morgan fingerprint density at radius 1 is 1.29 bits per heavy atom. The molecule has 0 saturated heterocycles. The Balaban J connectivity index is 0.000000526. The molecule has 0 fully saturated rings. The molecule has 24 heavy (non-hydrogen) atoms. The lowest BCUT2D eigenvalue weighted by molar-refractivity contribution is -0.123. The molecule has 122 valence electrons. The molecule has 0 spiro atoms. The van der Waals surface area contributed by atoms with Gasteiger partial charge in [-0.2, -0.15) is 5.10 Å². The number of anilines is 1. The fraction of sp³-hybridized carbons (Fsp3) is 0.176. The molecular weight excluding hydrogens is 308 g/mol. The first-order chi connectivity index (χ1) is 11.7. The van der Waals surface area contributed by atoms with Crippen molar-refractivity contribution in [2.75, 3.05) is 5.32 Å². The van der Waals surface area contributed by atoms with Crippen LogP contribution in [0.3, 0.4) is 0 Å². The van der Waals surface area contributed by atoms with Gasteiger partial charge in [0.25, 0.3) is 6.47 Å². The van der Waals surface area contributed by atoms with Crippen LogP contribution in [0.5, 0.6) is 0 Å². The lowest BCUT2D eigenvalue weighted by Gasteiger charge is -2.24. The zero-order valence-electron chi connectivity index (χ0n) is 13.0. The van der Waals surface area contributed by atoms with E-state index in [9.17, 15) is 4.79 Å². The molecule has 3 heterocycles. The van der Waals surface area contributed by atoms with E-state index in [1.807, 2.05) is 37.5 Å². The predicted molar refractivity (Wildman–Crippen MR) is 88.7 cm³/mol. The number of carbonyl (C=O) groups excluding carboxylic acids is 1. The van der Waals surface area contributed by atoms with Crippen molar-refractivity contribution >= 4 is 29.1 Å². The van der Waals surface area contributed by atoms with Gasteiger partial charge in [-0.05, 0) is 17.7 Å². The number of carboxylic acid groups (broad SMARTS) is 1. The molecule has 7 nitrogen and oxygen atoms in total. The molecule has 7 heteroatoms. The quantitative estimate of drug-likeness (QED) is 0.668. The van der Waals surface area contributed by atoms with E-state index in [0.717, 1.165) is 27.8 Å². The summed E-state index contributed by atoms with van der Waals surface area (Å²) < 4.78 is 1.71. The third-order valence-electron chi connectivity index (χ3n) is 4.05. The lowest BCUT2D eigenvalue weighted by Crippen LogP contribution is -2.24. The smallest absolute Gasteiger partial charge is 0.290 e. The Morgan fingerprint density at radius 3 is 2.83 bits per heavy atom. The topological polar surface area (TPSA) is 97.1 Å². The molecule has 1 aliphatic heterocycles. The van der Waals surface area contributed by atoms with Crippen molar-refractivity contribution in [3.8, 4) is 0 Å². The summed E-state index contributed by atoms with van der Waals surface area (Å²) in [6, 6.07) is 10.0. The largest absolute Gasteiger partial charge is 0.483 e. The number of benzene rings is 1. The molecule has 1 aromatic carbocycles. The second-order valence-corrected chi connectivity index (χ2v) is 5.40. The van der Waals surface area contributed by atoms with Crippen LogP contribution in [0, 0.1) is 0 Å². The Kier molecular flexibility index (Phi) is 4.24. The summed E-state index contributed by atoms with van der Waals surface area (Å²) >= 11 is 0. The number of fused-ring (bicyclic) bond motifs is 2. The van der Waals surface area contributed by atoms with E-state index in [1.54, 1.807) is 10.9 Å². The summed E-state index contributed by atoms with van der Waals surface area (Å²) in [5.41, 5.74) is 3.14. The second kappa shape index (κ2) is 6.49. The van der Waals surface area contributed by atoms with Gasteiger partial charge in [-0.25, -0.2) is 0 Å². The highest BCUT2D eigenvalue weighted by Crippen LogP contribution is 2.38. The first kappa shape index (κ1) is 15.7. The first-order valence-corrected chi connectivity index (χ1v) is 7.39. The minimum absolute atomic E-state index is 0.0235. The number of hydrogen-bond acceptors (Lipinski definition) is 4. The normalized spacial score (nSPS) is 15.9. The van der Waals surface area contributed by atoms with Gasteiger partial charge in [0.05, 0.1) is 11.7 Å². The summed E-state index contributed by atoms with van der Waals surface area (Å²) in [7, 11) is 1.84. The SMILES string of the molecule is Cn1ncc2c1NC(=O)CC2c1ccnc2ccccc12.O=CO. The van der Waals surface area contributed by atoms with Crippen LogP contribution in [0.1, 0.15) is 23.5 Å². The summed E-state index contributed by atoms with van der Waals surface area (Å²) in [6.45, 7) is -0.250. The average molecular weight is 324 g/mol. The van der Waals surface area contributed by atoms with Crippen molar-refractivity contribution in [3.63, 3.8) is 0 Å². The third kappa shape index (κ3) is 2.71. The molecule has 2 aromatic heterocycles. The fourth-order valence-corrected chi connectivity index (χ4v) is 3.04. The molecule has 0 radical (unpaired) electrons. The number of nitrogens with one attached hydrogen (secondary N) is 1. The molecule has 0 aliphatic carbocycles. The molecule has 3 aromatic rings. The van der Waals surface area contributed by atoms with Gasteiger partial charge in [-0.15, -0.1) is 0 Å². The van der Waals surface area contributed by atoms with E-state index >= 15 is 0 Å². The molecule has 4 rings (SSSR count). The van der Waals surface area contributed by atoms with Gasteiger partial charge >= 0.3 is 0 Å². The van der Waals surface area contributed by atoms with Gasteiger partial charge in [0, 0.05) is 36.5 Å². The lowest BCUT2D eigenvalue weighted by atomic mass is 9.86. The summed E-state index contributed by atoms with van der Waals surface area (Å²) in [5, 5.41) is 15.2. The molecule has 1 aliphatic rings. The monoisotopic (exact) mass is 324 g/mol. The summed E-state index contributed by atoms with van der Waals surface area (Å²) in [5.74, 6) is 0.837. The maximum Gasteiger partial charge on any atom is 0.290 e. The van der Waals surface area contributed by atoms with Crippen molar-refractivity contribution in [3.05, 3.63) is 53.9 Å². The van der Waals surface area contributed by atoms with Gasteiger partial charge in [-0.3, -0.25) is 19.3 Å². The highest BCUT2D eigenvalue weighted by molar-refractivity contribution is 5.95. The van der Waals surface area contributed by atoms with Crippen molar-refractivity contribution in [2.45, 2.75) is 12.3 Å². The maximum atomic E-state index is 12.0. The number of pyridine rings is 1. The summed E-state index contributed by atoms with van der Waals surface area (Å²) in [6.07, 6.45) is 4.08. The van der Waals surface area contributed by atoms with Crippen LogP contribution in [0.25, 0.3) is 10.9 Å². The van der Waals surface area contributed by atoms with Crippen LogP contribution in [0.4, 0.5) is 5.82 Å². The van der Waals surface area contributed by atoms with Crippen LogP contribution < -0.4 is 5.32 Å². The summed E-state index contributed by atoms with van der Waals surface area (Å²) in [4.78, 5) is 24.8. The van der Waals surface area contributed by atoms with E-state index in [0.29, 0.717) is 6.42 Å². The zero-order chi connectivity index (χ0) is 17.1. The van der Waals surface area contributed by atoms with Gasteiger partial charge < -0.3 is 10.4 Å². The fourth-order valence-electron chi connectivity index (χ4n) is 3.04. The number of aryl methyl sites for hydroxylation is 1. The molecule has 2 N–H and O–H groups in total.